The molecule has 0 spiro atoms. The zero-order valence-electron chi connectivity index (χ0n) is 17.1. The largest absolute Gasteiger partial charge is 0.298 e. The number of aryl methyl sites for hydroxylation is 2. The molecule has 0 N–H and O–H groups in total. The molecule has 6 rings (SSSR count). The van der Waals surface area contributed by atoms with Gasteiger partial charge in [0.1, 0.15) is 5.92 Å². The summed E-state index contributed by atoms with van der Waals surface area (Å²) in [4.78, 5) is 27.1. The molecule has 2 aromatic rings. The number of benzene rings is 2. The van der Waals surface area contributed by atoms with Crippen LogP contribution in [0.3, 0.4) is 0 Å². The van der Waals surface area contributed by atoms with Gasteiger partial charge in [0.05, 0.1) is 0 Å². The maximum Gasteiger partial charge on any atom is 0.151 e. The summed E-state index contributed by atoms with van der Waals surface area (Å²) in [5.74, 6) is 0.657. The Hall–Kier alpha value is -1.93. The van der Waals surface area contributed by atoms with Gasteiger partial charge >= 0.3 is 0 Å². The minimum atomic E-state index is -0.561. The highest BCUT2D eigenvalue weighted by molar-refractivity contribution is 6.30. The van der Waals surface area contributed by atoms with E-state index in [1.165, 1.54) is 0 Å². The van der Waals surface area contributed by atoms with Crippen molar-refractivity contribution in [1.29, 1.82) is 0 Å². The van der Waals surface area contributed by atoms with Gasteiger partial charge in [0.2, 0.25) is 0 Å². The van der Waals surface area contributed by atoms with E-state index in [9.17, 15) is 9.59 Å². The molecule has 0 heterocycles. The van der Waals surface area contributed by atoms with Crippen LogP contribution in [0, 0.1) is 30.6 Å². The van der Waals surface area contributed by atoms with Crippen LogP contribution in [0.2, 0.25) is 5.02 Å². The number of rotatable bonds is 3. The normalized spacial score (nSPS) is 30.7. The van der Waals surface area contributed by atoms with Gasteiger partial charge in [0, 0.05) is 16.9 Å². The first-order chi connectivity index (χ1) is 14.0. The maximum absolute atomic E-state index is 13.5. The lowest BCUT2D eigenvalue weighted by Gasteiger charge is -2.43. The first kappa shape index (κ1) is 19.1. The van der Waals surface area contributed by atoms with Crippen molar-refractivity contribution in [3.05, 3.63) is 58.1 Å². The highest BCUT2D eigenvalue weighted by Gasteiger charge is 2.59. The van der Waals surface area contributed by atoms with Gasteiger partial charge < -0.3 is 0 Å². The van der Waals surface area contributed by atoms with Crippen LogP contribution in [-0.2, 0) is 16.0 Å². The molecule has 4 aliphatic carbocycles. The average Bonchev–Trinajstić information content (AvgIpc) is 3.01. The number of ketones is 2. The predicted molar refractivity (Wildman–Crippen MR) is 116 cm³/mol. The van der Waals surface area contributed by atoms with Crippen molar-refractivity contribution in [2.75, 3.05) is 0 Å². The minimum Gasteiger partial charge on any atom is -0.298 e. The molecule has 4 saturated carbocycles. The summed E-state index contributed by atoms with van der Waals surface area (Å²) in [5.41, 5.74) is 5.34. The van der Waals surface area contributed by atoms with Crippen molar-refractivity contribution >= 4 is 23.2 Å². The molecule has 0 saturated heterocycles. The number of carbonyl (C=O) groups is 2. The van der Waals surface area contributed by atoms with E-state index >= 15 is 0 Å². The van der Waals surface area contributed by atoms with E-state index < -0.39 is 5.92 Å². The Bertz CT molecular complexity index is 970. The fourth-order valence-corrected chi connectivity index (χ4v) is 6.63. The Morgan fingerprint density at radius 1 is 0.897 bits per heavy atom. The van der Waals surface area contributed by atoms with Crippen LogP contribution in [0.25, 0.3) is 11.1 Å². The van der Waals surface area contributed by atoms with Crippen molar-refractivity contribution in [2.45, 2.75) is 51.9 Å². The van der Waals surface area contributed by atoms with Crippen LogP contribution in [0.4, 0.5) is 0 Å². The van der Waals surface area contributed by atoms with E-state index in [0.717, 1.165) is 64.9 Å². The SMILES string of the molecule is CCc1ccc(-c2ccc(Cl)cc2C)cc1C1C(=O)C2C3CCC(CC3)C2C1=O. The third-order valence-electron chi connectivity index (χ3n) is 7.78. The second-order valence-electron chi connectivity index (χ2n) is 9.19. The lowest BCUT2D eigenvalue weighted by atomic mass is 9.59. The third kappa shape index (κ3) is 2.91. The van der Waals surface area contributed by atoms with Crippen LogP contribution in [0.15, 0.2) is 36.4 Å². The van der Waals surface area contributed by atoms with Gasteiger partial charge in [-0.15, -0.1) is 0 Å². The summed E-state index contributed by atoms with van der Waals surface area (Å²) >= 11 is 6.14. The van der Waals surface area contributed by atoms with E-state index in [1.807, 2.05) is 25.1 Å². The van der Waals surface area contributed by atoms with Gasteiger partial charge in [-0.1, -0.05) is 36.7 Å². The molecule has 2 nitrogen and oxygen atoms in total. The number of Topliss-reactive ketones (excluding diaryl/α,β-unsaturated/α-hetero) is 2. The summed E-state index contributed by atoms with van der Waals surface area (Å²) in [6, 6.07) is 12.2. The average molecular weight is 407 g/mol. The zero-order valence-corrected chi connectivity index (χ0v) is 17.8. The predicted octanol–water partition coefficient (Wildman–Crippen LogP) is 6.17. The number of halogens is 1. The topological polar surface area (TPSA) is 34.1 Å². The standard InChI is InChI=1S/C26H27ClO2/c1-3-15-4-9-18(20-11-10-19(27)12-14(20)2)13-21(15)24-25(28)22-16-5-6-17(8-7-16)23(22)26(24)29/h4,9-13,16-17,22-24H,3,5-8H2,1-2H3. The molecule has 0 radical (unpaired) electrons. The first-order valence-corrected chi connectivity index (χ1v) is 11.3. The van der Waals surface area contributed by atoms with Crippen molar-refractivity contribution in [2.24, 2.45) is 23.7 Å². The minimum absolute atomic E-state index is 0.0226. The van der Waals surface area contributed by atoms with E-state index in [4.69, 9.17) is 11.6 Å². The van der Waals surface area contributed by atoms with Crippen molar-refractivity contribution in [3.63, 3.8) is 0 Å². The van der Waals surface area contributed by atoms with Gasteiger partial charge in [-0.3, -0.25) is 9.59 Å². The Balaban J connectivity index is 1.60. The molecule has 29 heavy (non-hydrogen) atoms. The number of hydrogen-bond donors (Lipinski definition) is 0. The Morgan fingerprint density at radius 3 is 2.07 bits per heavy atom. The van der Waals surface area contributed by atoms with Gasteiger partial charge in [-0.25, -0.2) is 0 Å². The van der Waals surface area contributed by atoms with Crippen LogP contribution in [0.5, 0.6) is 0 Å². The van der Waals surface area contributed by atoms with Crippen molar-refractivity contribution in [3.8, 4) is 11.1 Å². The molecule has 2 unspecified atom stereocenters. The molecule has 2 atom stereocenters. The molecular weight excluding hydrogens is 380 g/mol. The molecule has 2 aromatic carbocycles. The summed E-state index contributed by atoms with van der Waals surface area (Å²) in [5, 5.41) is 0.720. The van der Waals surface area contributed by atoms with Crippen molar-refractivity contribution in [1.82, 2.24) is 0 Å². The monoisotopic (exact) mass is 406 g/mol. The number of fused-ring (bicyclic) bond motifs is 2. The highest BCUT2D eigenvalue weighted by Crippen LogP contribution is 2.56. The van der Waals surface area contributed by atoms with E-state index in [2.05, 4.69) is 25.1 Å². The lowest BCUT2D eigenvalue weighted by molar-refractivity contribution is -0.129. The van der Waals surface area contributed by atoms with Crippen LogP contribution in [0.1, 0.15) is 55.2 Å². The summed E-state index contributed by atoms with van der Waals surface area (Å²) in [6.07, 6.45) is 5.34. The number of carbonyl (C=O) groups excluding carboxylic acids is 2. The van der Waals surface area contributed by atoms with Crippen LogP contribution in [-0.4, -0.2) is 11.6 Å². The molecule has 4 aliphatic rings. The third-order valence-corrected chi connectivity index (χ3v) is 8.02. The number of hydrogen-bond acceptors (Lipinski definition) is 2. The van der Waals surface area contributed by atoms with Gasteiger partial charge in [-0.05, 0) is 96.9 Å². The van der Waals surface area contributed by atoms with Crippen LogP contribution < -0.4 is 0 Å². The fourth-order valence-electron chi connectivity index (χ4n) is 6.40. The summed E-state index contributed by atoms with van der Waals surface area (Å²) in [7, 11) is 0. The molecule has 0 aliphatic heterocycles. The fraction of sp³-hybridized carbons (Fsp3) is 0.462. The molecule has 3 heteroatoms. The lowest BCUT2D eigenvalue weighted by Crippen LogP contribution is -2.41. The zero-order chi connectivity index (χ0) is 20.3. The maximum atomic E-state index is 13.5. The highest BCUT2D eigenvalue weighted by atomic mass is 35.5. The second kappa shape index (κ2) is 7.09. The Morgan fingerprint density at radius 2 is 1.52 bits per heavy atom. The first-order valence-electron chi connectivity index (χ1n) is 11.0. The molecule has 0 aromatic heterocycles. The Kier molecular flexibility index (Phi) is 4.66. The second-order valence-corrected chi connectivity index (χ2v) is 9.63. The summed E-state index contributed by atoms with van der Waals surface area (Å²) in [6.45, 7) is 4.15. The molecule has 2 bridgehead atoms. The van der Waals surface area contributed by atoms with E-state index in [0.29, 0.717) is 11.8 Å². The Labute approximate surface area is 177 Å². The molecule has 4 fully saturated rings. The van der Waals surface area contributed by atoms with Gasteiger partial charge in [0.15, 0.2) is 11.6 Å². The van der Waals surface area contributed by atoms with Gasteiger partial charge in [-0.2, -0.15) is 0 Å². The summed E-state index contributed by atoms with van der Waals surface area (Å²) < 4.78 is 0. The molecule has 0 amide bonds. The van der Waals surface area contributed by atoms with E-state index in [1.54, 1.807) is 0 Å². The van der Waals surface area contributed by atoms with Gasteiger partial charge in [0.25, 0.3) is 0 Å². The molecule has 150 valence electrons. The van der Waals surface area contributed by atoms with Crippen molar-refractivity contribution < 1.29 is 9.59 Å². The van der Waals surface area contributed by atoms with Crippen LogP contribution >= 0.6 is 11.6 Å². The molecular formula is C26H27ClO2. The van der Waals surface area contributed by atoms with E-state index in [-0.39, 0.29) is 23.4 Å². The quantitative estimate of drug-likeness (QED) is 0.571. The smallest absolute Gasteiger partial charge is 0.151 e.